The first-order valence-corrected chi connectivity index (χ1v) is 9.14. The minimum absolute atomic E-state index is 0.137. The highest BCUT2D eigenvalue weighted by Crippen LogP contribution is 2.17. The second-order valence-corrected chi connectivity index (χ2v) is 7.17. The summed E-state index contributed by atoms with van der Waals surface area (Å²) in [5.41, 5.74) is 7.91. The summed E-state index contributed by atoms with van der Waals surface area (Å²) in [5, 5.41) is 2.83. The van der Waals surface area contributed by atoms with E-state index >= 15 is 0 Å². The number of aromatic nitrogens is 1. The number of benzene rings is 1. The zero-order chi connectivity index (χ0) is 16.9. The molecular formula is C18H23N3O2S. The van der Waals surface area contributed by atoms with Gasteiger partial charge in [-0.25, -0.2) is 4.98 Å². The van der Waals surface area contributed by atoms with E-state index in [0.29, 0.717) is 13.0 Å². The lowest BCUT2D eigenvalue weighted by molar-refractivity contribution is -0.131. The van der Waals surface area contributed by atoms with E-state index in [2.05, 4.69) is 4.98 Å². The second kappa shape index (κ2) is 7.77. The molecule has 3 rings (SSSR count). The van der Waals surface area contributed by atoms with Crippen molar-refractivity contribution in [3.8, 4) is 5.75 Å². The van der Waals surface area contributed by atoms with Crippen LogP contribution in [0.15, 0.2) is 29.6 Å². The summed E-state index contributed by atoms with van der Waals surface area (Å²) in [4.78, 5) is 18.7. The van der Waals surface area contributed by atoms with E-state index in [9.17, 15) is 4.79 Å². The molecule has 1 aliphatic heterocycles. The Bertz CT molecular complexity index is 676. The molecule has 5 nitrogen and oxygen atoms in total. The number of hydrogen-bond acceptors (Lipinski definition) is 5. The highest BCUT2D eigenvalue weighted by molar-refractivity contribution is 7.09. The van der Waals surface area contributed by atoms with E-state index in [1.165, 1.54) is 16.9 Å². The average molecular weight is 345 g/mol. The summed E-state index contributed by atoms with van der Waals surface area (Å²) < 4.78 is 5.73. The van der Waals surface area contributed by atoms with Gasteiger partial charge in [0, 0.05) is 24.5 Å². The van der Waals surface area contributed by atoms with Gasteiger partial charge in [-0.3, -0.25) is 4.79 Å². The molecule has 1 aromatic heterocycles. The first-order valence-electron chi connectivity index (χ1n) is 8.26. The molecule has 2 N–H and O–H groups in total. The number of ether oxygens (including phenoxy) is 1. The predicted octanol–water partition coefficient (Wildman–Crippen LogP) is 2.52. The molecule has 2 heterocycles. The van der Waals surface area contributed by atoms with Crippen LogP contribution in [0.1, 0.15) is 29.1 Å². The Hall–Kier alpha value is -1.92. The van der Waals surface area contributed by atoms with Crippen LogP contribution in [0.25, 0.3) is 0 Å². The molecule has 128 valence electrons. The van der Waals surface area contributed by atoms with Crippen molar-refractivity contribution in [2.45, 2.75) is 38.8 Å². The van der Waals surface area contributed by atoms with Crippen molar-refractivity contribution in [2.75, 3.05) is 13.1 Å². The summed E-state index contributed by atoms with van der Waals surface area (Å²) in [6, 6.07) is 8.18. The Kier molecular flexibility index (Phi) is 5.48. The van der Waals surface area contributed by atoms with Crippen LogP contribution in [0.4, 0.5) is 0 Å². The van der Waals surface area contributed by atoms with Gasteiger partial charge in [0.25, 0.3) is 0 Å². The molecule has 1 fully saturated rings. The molecule has 1 saturated heterocycles. The van der Waals surface area contributed by atoms with E-state index in [4.69, 9.17) is 10.5 Å². The van der Waals surface area contributed by atoms with Crippen molar-refractivity contribution in [2.24, 2.45) is 5.73 Å². The molecule has 0 spiro atoms. The van der Waals surface area contributed by atoms with Gasteiger partial charge in [-0.05, 0) is 31.9 Å². The van der Waals surface area contributed by atoms with Crippen molar-refractivity contribution in [1.82, 2.24) is 9.88 Å². The van der Waals surface area contributed by atoms with Gasteiger partial charge in [0.1, 0.15) is 17.4 Å². The molecule has 0 aliphatic carbocycles. The van der Waals surface area contributed by atoms with Gasteiger partial charge >= 0.3 is 0 Å². The van der Waals surface area contributed by atoms with Crippen LogP contribution in [-0.2, 0) is 17.8 Å². The minimum atomic E-state index is 0.137. The fraction of sp³-hybridized carbons (Fsp3) is 0.444. The van der Waals surface area contributed by atoms with E-state index < -0.39 is 0 Å². The smallest absolute Gasteiger partial charge is 0.228 e. The Morgan fingerprint density at radius 3 is 2.75 bits per heavy atom. The SMILES string of the molecule is Cc1ccc(OCc2nc(CC(=O)N3CCC(N)CC3)cs2)cc1. The van der Waals surface area contributed by atoms with Gasteiger partial charge in [-0.2, -0.15) is 0 Å². The van der Waals surface area contributed by atoms with Crippen LogP contribution >= 0.6 is 11.3 Å². The van der Waals surface area contributed by atoms with Gasteiger partial charge < -0.3 is 15.4 Å². The molecule has 0 radical (unpaired) electrons. The van der Waals surface area contributed by atoms with Crippen molar-refractivity contribution < 1.29 is 9.53 Å². The molecule has 2 aromatic rings. The van der Waals surface area contributed by atoms with E-state index in [1.54, 1.807) is 0 Å². The molecule has 0 unspecified atom stereocenters. The lowest BCUT2D eigenvalue weighted by Gasteiger charge is -2.30. The van der Waals surface area contributed by atoms with E-state index in [0.717, 1.165) is 42.4 Å². The number of amides is 1. The minimum Gasteiger partial charge on any atom is -0.486 e. The average Bonchev–Trinajstić information content (AvgIpc) is 3.02. The van der Waals surface area contributed by atoms with Crippen LogP contribution < -0.4 is 10.5 Å². The maximum atomic E-state index is 12.3. The number of carbonyl (C=O) groups excluding carboxylic acids is 1. The maximum Gasteiger partial charge on any atom is 0.228 e. The zero-order valence-electron chi connectivity index (χ0n) is 13.9. The Labute approximate surface area is 146 Å². The summed E-state index contributed by atoms with van der Waals surface area (Å²) in [7, 11) is 0. The number of nitrogens with two attached hydrogens (primary N) is 1. The highest BCUT2D eigenvalue weighted by Gasteiger charge is 2.21. The van der Waals surface area contributed by atoms with Crippen LogP contribution in [0.2, 0.25) is 0 Å². The predicted molar refractivity (Wildman–Crippen MR) is 95.1 cm³/mol. The first-order chi connectivity index (χ1) is 11.6. The van der Waals surface area contributed by atoms with Crippen molar-refractivity contribution in [1.29, 1.82) is 0 Å². The maximum absolute atomic E-state index is 12.3. The van der Waals surface area contributed by atoms with Gasteiger partial charge in [0.05, 0.1) is 12.1 Å². The Balaban J connectivity index is 1.50. The largest absolute Gasteiger partial charge is 0.486 e. The zero-order valence-corrected chi connectivity index (χ0v) is 14.7. The third kappa shape index (κ3) is 4.55. The number of nitrogens with zero attached hydrogens (tertiary/aromatic N) is 2. The molecule has 0 saturated carbocycles. The van der Waals surface area contributed by atoms with E-state index in [-0.39, 0.29) is 11.9 Å². The molecule has 0 bridgehead atoms. The Morgan fingerprint density at radius 1 is 1.33 bits per heavy atom. The molecule has 6 heteroatoms. The Morgan fingerprint density at radius 2 is 2.04 bits per heavy atom. The molecule has 24 heavy (non-hydrogen) atoms. The van der Waals surface area contributed by atoms with E-state index in [1.807, 2.05) is 41.5 Å². The van der Waals surface area contributed by atoms with Crippen LogP contribution in [0.3, 0.4) is 0 Å². The summed E-state index contributed by atoms with van der Waals surface area (Å²) in [5.74, 6) is 0.969. The number of aryl methyl sites for hydroxylation is 1. The number of likely N-dealkylation sites (tertiary alicyclic amines) is 1. The fourth-order valence-electron chi connectivity index (χ4n) is 2.69. The monoisotopic (exact) mass is 345 g/mol. The quantitative estimate of drug-likeness (QED) is 0.904. The van der Waals surface area contributed by atoms with Gasteiger partial charge in [0.15, 0.2) is 0 Å². The first kappa shape index (κ1) is 16.9. The molecular weight excluding hydrogens is 322 g/mol. The lowest BCUT2D eigenvalue weighted by Crippen LogP contribution is -2.43. The molecule has 1 aliphatic rings. The normalized spacial score (nSPS) is 15.5. The van der Waals surface area contributed by atoms with Crippen LogP contribution in [0.5, 0.6) is 5.75 Å². The molecule has 1 aromatic carbocycles. The number of hydrogen-bond donors (Lipinski definition) is 1. The molecule has 1 amide bonds. The van der Waals surface area contributed by atoms with Gasteiger partial charge in [0.2, 0.25) is 5.91 Å². The number of rotatable bonds is 5. The third-order valence-corrected chi connectivity index (χ3v) is 5.08. The van der Waals surface area contributed by atoms with Crippen molar-refractivity contribution in [3.05, 3.63) is 45.9 Å². The molecule has 0 atom stereocenters. The van der Waals surface area contributed by atoms with Gasteiger partial charge in [-0.15, -0.1) is 11.3 Å². The number of piperidine rings is 1. The topological polar surface area (TPSA) is 68.5 Å². The van der Waals surface area contributed by atoms with Crippen molar-refractivity contribution in [3.63, 3.8) is 0 Å². The van der Waals surface area contributed by atoms with Crippen LogP contribution in [-0.4, -0.2) is 34.9 Å². The number of carbonyl (C=O) groups is 1. The third-order valence-electron chi connectivity index (χ3n) is 4.21. The summed E-state index contributed by atoms with van der Waals surface area (Å²) in [6.07, 6.45) is 2.13. The summed E-state index contributed by atoms with van der Waals surface area (Å²) >= 11 is 1.53. The van der Waals surface area contributed by atoms with Gasteiger partial charge in [-0.1, -0.05) is 17.7 Å². The highest BCUT2D eigenvalue weighted by atomic mass is 32.1. The lowest BCUT2D eigenvalue weighted by atomic mass is 10.1. The van der Waals surface area contributed by atoms with Crippen LogP contribution in [0, 0.1) is 6.92 Å². The van der Waals surface area contributed by atoms with Crippen molar-refractivity contribution >= 4 is 17.2 Å². The second-order valence-electron chi connectivity index (χ2n) is 6.23. The fourth-order valence-corrected chi connectivity index (χ4v) is 3.40. The standard InChI is InChI=1S/C18H23N3O2S/c1-13-2-4-16(5-3-13)23-11-17-20-15(12-24-17)10-18(22)21-8-6-14(19)7-9-21/h2-5,12,14H,6-11,19H2,1H3. The number of thiazole rings is 1. The summed E-state index contributed by atoms with van der Waals surface area (Å²) in [6.45, 7) is 3.99.